The van der Waals surface area contributed by atoms with Crippen LogP contribution in [0.1, 0.15) is 15.9 Å². The standard InChI is InChI=1S/C14H10Cl2FNO2/c1-7-5-10(16)12(6-9(7)15)18-13-8(14(19)20)3-2-4-11(13)17/h2-6,18H,1H3,(H,19,20). The molecule has 0 spiro atoms. The molecule has 2 aromatic rings. The number of nitrogens with one attached hydrogen (secondary N) is 1. The monoisotopic (exact) mass is 313 g/mol. The number of rotatable bonds is 3. The van der Waals surface area contributed by atoms with Crippen molar-refractivity contribution >= 4 is 40.5 Å². The van der Waals surface area contributed by atoms with E-state index in [9.17, 15) is 9.18 Å². The van der Waals surface area contributed by atoms with Gasteiger partial charge < -0.3 is 10.4 Å². The zero-order valence-electron chi connectivity index (χ0n) is 10.4. The summed E-state index contributed by atoms with van der Waals surface area (Å²) in [6.07, 6.45) is 0. The lowest BCUT2D eigenvalue weighted by atomic mass is 10.1. The molecule has 104 valence electrons. The Labute approximate surface area is 124 Å². The highest BCUT2D eigenvalue weighted by Crippen LogP contribution is 2.33. The van der Waals surface area contributed by atoms with Crippen molar-refractivity contribution < 1.29 is 14.3 Å². The SMILES string of the molecule is Cc1cc(Cl)c(Nc2c(F)cccc2C(=O)O)cc1Cl. The number of benzene rings is 2. The molecule has 0 fully saturated rings. The quantitative estimate of drug-likeness (QED) is 0.848. The van der Waals surface area contributed by atoms with Crippen molar-refractivity contribution in [2.45, 2.75) is 6.92 Å². The molecule has 2 aromatic carbocycles. The van der Waals surface area contributed by atoms with Crippen molar-refractivity contribution in [2.24, 2.45) is 0 Å². The number of para-hydroxylation sites is 1. The molecule has 0 unspecified atom stereocenters. The number of aryl methyl sites for hydroxylation is 1. The van der Waals surface area contributed by atoms with Gasteiger partial charge in [0.05, 0.1) is 22.0 Å². The van der Waals surface area contributed by atoms with Crippen molar-refractivity contribution in [3.05, 3.63) is 57.3 Å². The van der Waals surface area contributed by atoms with Crippen molar-refractivity contribution in [1.82, 2.24) is 0 Å². The highest BCUT2D eigenvalue weighted by molar-refractivity contribution is 6.35. The summed E-state index contributed by atoms with van der Waals surface area (Å²) < 4.78 is 13.8. The summed E-state index contributed by atoms with van der Waals surface area (Å²) in [6.45, 7) is 1.78. The third kappa shape index (κ3) is 2.86. The summed E-state index contributed by atoms with van der Waals surface area (Å²) in [5, 5.41) is 12.5. The molecule has 0 aliphatic rings. The van der Waals surface area contributed by atoms with E-state index in [1.54, 1.807) is 13.0 Å². The molecule has 6 heteroatoms. The van der Waals surface area contributed by atoms with Gasteiger partial charge in [-0.3, -0.25) is 0 Å². The number of halogens is 3. The second kappa shape index (κ2) is 5.69. The van der Waals surface area contributed by atoms with Crippen molar-refractivity contribution in [1.29, 1.82) is 0 Å². The second-order valence-corrected chi connectivity index (χ2v) is 4.99. The molecule has 2 rings (SSSR count). The van der Waals surface area contributed by atoms with Gasteiger partial charge in [-0.25, -0.2) is 9.18 Å². The minimum Gasteiger partial charge on any atom is -0.478 e. The first kappa shape index (κ1) is 14.6. The summed E-state index contributed by atoms with van der Waals surface area (Å²) in [4.78, 5) is 11.1. The number of carboxylic acid groups (broad SMARTS) is 1. The van der Waals surface area contributed by atoms with Crippen LogP contribution in [0.15, 0.2) is 30.3 Å². The Balaban J connectivity index is 2.50. The van der Waals surface area contributed by atoms with E-state index >= 15 is 0 Å². The van der Waals surface area contributed by atoms with Crippen molar-refractivity contribution in [3.8, 4) is 0 Å². The molecular weight excluding hydrogens is 304 g/mol. The molecule has 0 saturated carbocycles. The molecule has 0 radical (unpaired) electrons. The summed E-state index contributed by atoms with van der Waals surface area (Å²) >= 11 is 12.0. The van der Waals surface area contributed by atoms with Gasteiger partial charge in [0.1, 0.15) is 5.82 Å². The van der Waals surface area contributed by atoms with Crippen LogP contribution in [0.3, 0.4) is 0 Å². The van der Waals surface area contributed by atoms with Crippen LogP contribution in [0, 0.1) is 12.7 Å². The fourth-order valence-corrected chi connectivity index (χ4v) is 2.14. The average molecular weight is 314 g/mol. The van der Waals surface area contributed by atoms with E-state index in [1.807, 2.05) is 0 Å². The van der Waals surface area contributed by atoms with E-state index in [2.05, 4.69) is 5.32 Å². The van der Waals surface area contributed by atoms with Crippen LogP contribution in [0.25, 0.3) is 0 Å². The van der Waals surface area contributed by atoms with Gasteiger partial charge in [0.15, 0.2) is 0 Å². The maximum absolute atomic E-state index is 13.8. The fourth-order valence-electron chi connectivity index (χ4n) is 1.71. The van der Waals surface area contributed by atoms with Crippen molar-refractivity contribution in [3.63, 3.8) is 0 Å². The smallest absolute Gasteiger partial charge is 0.337 e. The molecule has 0 aliphatic heterocycles. The lowest BCUT2D eigenvalue weighted by Crippen LogP contribution is -2.05. The Morgan fingerprint density at radius 1 is 1.25 bits per heavy atom. The molecular formula is C14H10Cl2FNO2. The number of hydrogen-bond acceptors (Lipinski definition) is 2. The Bertz CT molecular complexity index is 689. The minimum absolute atomic E-state index is 0.151. The summed E-state index contributed by atoms with van der Waals surface area (Å²) in [5.74, 6) is -1.92. The first-order chi connectivity index (χ1) is 9.40. The number of anilines is 2. The Morgan fingerprint density at radius 2 is 1.95 bits per heavy atom. The van der Waals surface area contributed by atoms with Crippen LogP contribution in [0.2, 0.25) is 10.0 Å². The van der Waals surface area contributed by atoms with Crippen LogP contribution < -0.4 is 5.32 Å². The Hall–Kier alpha value is -1.78. The van der Waals surface area contributed by atoms with Crippen LogP contribution in [0.4, 0.5) is 15.8 Å². The maximum atomic E-state index is 13.8. The zero-order chi connectivity index (χ0) is 14.9. The molecule has 0 atom stereocenters. The third-order valence-electron chi connectivity index (χ3n) is 2.75. The van der Waals surface area contributed by atoms with Crippen LogP contribution in [-0.4, -0.2) is 11.1 Å². The minimum atomic E-state index is -1.23. The number of carbonyl (C=O) groups is 1. The molecule has 2 N–H and O–H groups in total. The average Bonchev–Trinajstić information content (AvgIpc) is 2.37. The molecule has 0 aromatic heterocycles. The summed E-state index contributed by atoms with van der Waals surface area (Å²) in [7, 11) is 0. The molecule has 20 heavy (non-hydrogen) atoms. The number of carboxylic acids is 1. The lowest BCUT2D eigenvalue weighted by Gasteiger charge is -2.13. The Morgan fingerprint density at radius 3 is 2.60 bits per heavy atom. The van der Waals surface area contributed by atoms with E-state index in [1.165, 1.54) is 24.3 Å². The van der Waals surface area contributed by atoms with E-state index in [-0.39, 0.29) is 11.3 Å². The van der Waals surface area contributed by atoms with E-state index in [0.29, 0.717) is 15.7 Å². The van der Waals surface area contributed by atoms with E-state index < -0.39 is 11.8 Å². The largest absolute Gasteiger partial charge is 0.478 e. The summed E-state index contributed by atoms with van der Waals surface area (Å²) in [5.41, 5.74) is 0.781. The highest BCUT2D eigenvalue weighted by atomic mass is 35.5. The normalized spacial score (nSPS) is 10.4. The van der Waals surface area contributed by atoms with Gasteiger partial charge in [0, 0.05) is 5.02 Å². The van der Waals surface area contributed by atoms with Crippen molar-refractivity contribution in [2.75, 3.05) is 5.32 Å². The lowest BCUT2D eigenvalue weighted by molar-refractivity contribution is 0.0697. The first-order valence-electron chi connectivity index (χ1n) is 5.64. The van der Waals surface area contributed by atoms with Gasteiger partial charge in [-0.05, 0) is 36.8 Å². The molecule has 3 nitrogen and oxygen atoms in total. The van der Waals surface area contributed by atoms with Crippen LogP contribution in [0.5, 0.6) is 0 Å². The number of hydrogen-bond donors (Lipinski definition) is 2. The molecule has 0 saturated heterocycles. The van der Waals surface area contributed by atoms with Gasteiger partial charge in [0.2, 0.25) is 0 Å². The van der Waals surface area contributed by atoms with Gasteiger partial charge in [0.25, 0.3) is 0 Å². The maximum Gasteiger partial charge on any atom is 0.337 e. The molecule has 0 aliphatic carbocycles. The zero-order valence-corrected chi connectivity index (χ0v) is 11.9. The fraction of sp³-hybridized carbons (Fsp3) is 0.0714. The van der Waals surface area contributed by atoms with Crippen LogP contribution >= 0.6 is 23.2 Å². The second-order valence-electron chi connectivity index (χ2n) is 4.17. The molecule has 0 heterocycles. The van der Waals surface area contributed by atoms with Gasteiger partial charge in [-0.1, -0.05) is 29.3 Å². The van der Waals surface area contributed by atoms with Gasteiger partial charge in [-0.2, -0.15) is 0 Å². The number of aromatic carboxylic acids is 1. The molecule has 0 bridgehead atoms. The molecule has 0 amide bonds. The topological polar surface area (TPSA) is 49.3 Å². The van der Waals surface area contributed by atoms with Gasteiger partial charge >= 0.3 is 5.97 Å². The van der Waals surface area contributed by atoms with E-state index in [0.717, 1.165) is 5.56 Å². The Kier molecular flexibility index (Phi) is 4.16. The van der Waals surface area contributed by atoms with E-state index in [4.69, 9.17) is 28.3 Å². The first-order valence-corrected chi connectivity index (χ1v) is 6.40. The van der Waals surface area contributed by atoms with Gasteiger partial charge in [-0.15, -0.1) is 0 Å². The van der Waals surface area contributed by atoms with Crippen LogP contribution in [-0.2, 0) is 0 Å². The summed E-state index contributed by atoms with van der Waals surface area (Å²) in [6, 6.07) is 6.94. The predicted molar refractivity (Wildman–Crippen MR) is 77.8 cm³/mol. The predicted octanol–water partition coefficient (Wildman–Crippen LogP) is 4.88. The third-order valence-corrected chi connectivity index (χ3v) is 3.47. The highest BCUT2D eigenvalue weighted by Gasteiger charge is 2.16.